The van der Waals surface area contributed by atoms with Crippen molar-refractivity contribution < 1.29 is 4.79 Å². The van der Waals surface area contributed by atoms with E-state index in [0.29, 0.717) is 6.04 Å². The first kappa shape index (κ1) is 15.6. The third-order valence-corrected chi connectivity index (χ3v) is 4.32. The molecule has 3 rings (SSSR count). The summed E-state index contributed by atoms with van der Waals surface area (Å²) in [6.45, 7) is 1.62. The number of hydrogen-bond donors (Lipinski definition) is 2. The zero-order valence-electron chi connectivity index (χ0n) is 13.4. The lowest BCUT2D eigenvalue weighted by Gasteiger charge is -2.22. The Kier molecular flexibility index (Phi) is 5.29. The molecule has 2 N–H and O–H groups in total. The van der Waals surface area contributed by atoms with Gasteiger partial charge < -0.3 is 10.6 Å². The fraction of sp³-hybridized carbons (Fsp3) is 0.444. The molecule has 23 heavy (non-hydrogen) atoms. The molecule has 5 heteroatoms. The van der Waals surface area contributed by atoms with Crippen LogP contribution in [-0.4, -0.2) is 28.3 Å². The van der Waals surface area contributed by atoms with E-state index in [-0.39, 0.29) is 5.91 Å². The van der Waals surface area contributed by atoms with E-state index in [2.05, 4.69) is 15.7 Å². The van der Waals surface area contributed by atoms with Gasteiger partial charge in [-0.05, 0) is 43.2 Å². The van der Waals surface area contributed by atoms with Gasteiger partial charge in [-0.15, -0.1) is 0 Å². The third-order valence-electron chi connectivity index (χ3n) is 4.32. The Morgan fingerprint density at radius 2 is 1.96 bits per heavy atom. The quantitative estimate of drug-likeness (QED) is 0.862. The highest BCUT2D eigenvalue weighted by Crippen LogP contribution is 2.18. The van der Waals surface area contributed by atoms with Crippen molar-refractivity contribution in [2.75, 3.05) is 11.9 Å². The van der Waals surface area contributed by atoms with Crippen LogP contribution in [0.25, 0.3) is 0 Å². The first-order valence-electron chi connectivity index (χ1n) is 8.43. The third kappa shape index (κ3) is 4.58. The van der Waals surface area contributed by atoms with Crippen LogP contribution in [0.4, 0.5) is 5.69 Å². The highest BCUT2D eigenvalue weighted by molar-refractivity contribution is 5.94. The Morgan fingerprint density at radius 1 is 1.17 bits per heavy atom. The number of hydrogen-bond acceptors (Lipinski definition) is 3. The van der Waals surface area contributed by atoms with Gasteiger partial charge in [0.1, 0.15) is 0 Å². The summed E-state index contributed by atoms with van der Waals surface area (Å²) in [4.78, 5) is 12.3. The molecule has 1 aliphatic rings. The van der Waals surface area contributed by atoms with Gasteiger partial charge >= 0.3 is 0 Å². The Hall–Kier alpha value is -2.30. The minimum absolute atomic E-state index is 0.0417. The van der Waals surface area contributed by atoms with E-state index in [9.17, 15) is 4.79 Å². The Bertz CT molecular complexity index is 600. The summed E-state index contributed by atoms with van der Waals surface area (Å²) in [5, 5.41) is 10.6. The van der Waals surface area contributed by atoms with Crippen LogP contribution in [0.1, 0.15) is 42.5 Å². The van der Waals surface area contributed by atoms with Gasteiger partial charge in [0.05, 0.1) is 6.54 Å². The number of aromatic nitrogens is 2. The Morgan fingerprint density at radius 3 is 2.65 bits per heavy atom. The van der Waals surface area contributed by atoms with Gasteiger partial charge in [-0.1, -0.05) is 19.3 Å². The van der Waals surface area contributed by atoms with Crippen LogP contribution in [0.5, 0.6) is 0 Å². The van der Waals surface area contributed by atoms with E-state index in [4.69, 9.17) is 0 Å². The minimum atomic E-state index is 0.0417. The van der Waals surface area contributed by atoms with E-state index in [0.717, 1.165) is 37.2 Å². The molecule has 2 aromatic rings. The fourth-order valence-corrected chi connectivity index (χ4v) is 3.00. The molecule has 0 bridgehead atoms. The van der Waals surface area contributed by atoms with Crippen LogP contribution in [0.15, 0.2) is 42.7 Å². The highest BCUT2D eigenvalue weighted by atomic mass is 16.1. The molecule has 1 aliphatic carbocycles. The molecule has 1 aromatic heterocycles. The molecular weight excluding hydrogens is 288 g/mol. The van der Waals surface area contributed by atoms with Crippen molar-refractivity contribution >= 4 is 11.6 Å². The molecule has 5 nitrogen and oxygen atoms in total. The average Bonchev–Trinajstić information content (AvgIpc) is 3.10. The van der Waals surface area contributed by atoms with Gasteiger partial charge in [-0.2, -0.15) is 5.10 Å². The summed E-state index contributed by atoms with van der Waals surface area (Å²) in [6.07, 6.45) is 9.69. The minimum Gasteiger partial charge on any atom is -0.383 e. The summed E-state index contributed by atoms with van der Waals surface area (Å²) in [7, 11) is 0. The van der Waals surface area contributed by atoms with Crippen molar-refractivity contribution in [3.8, 4) is 0 Å². The van der Waals surface area contributed by atoms with Crippen molar-refractivity contribution in [3.63, 3.8) is 0 Å². The first-order valence-corrected chi connectivity index (χ1v) is 8.43. The summed E-state index contributed by atoms with van der Waals surface area (Å²) < 4.78 is 1.89. The average molecular weight is 312 g/mol. The first-order chi connectivity index (χ1) is 11.3. The SMILES string of the molecule is O=C(NC1CCCCC1)c1ccc(NCCn2cccn2)cc1. The second-order valence-corrected chi connectivity index (χ2v) is 6.08. The molecule has 1 aromatic carbocycles. The monoisotopic (exact) mass is 312 g/mol. The summed E-state index contributed by atoms with van der Waals surface area (Å²) in [5.41, 5.74) is 1.75. The number of rotatable bonds is 6. The summed E-state index contributed by atoms with van der Waals surface area (Å²) in [5.74, 6) is 0.0417. The maximum atomic E-state index is 12.3. The van der Waals surface area contributed by atoms with Crippen LogP contribution in [0.3, 0.4) is 0 Å². The predicted octanol–water partition coefficient (Wildman–Crippen LogP) is 3.06. The van der Waals surface area contributed by atoms with Crippen LogP contribution in [0.2, 0.25) is 0 Å². The number of nitrogens with zero attached hydrogens (tertiary/aromatic N) is 2. The zero-order chi connectivity index (χ0) is 15.9. The summed E-state index contributed by atoms with van der Waals surface area (Å²) >= 11 is 0. The summed E-state index contributed by atoms with van der Waals surface area (Å²) in [6, 6.07) is 9.95. The molecular formula is C18H24N4O. The largest absolute Gasteiger partial charge is 0.383 e. The molecule has 0 aliphatic heterocycles. The molecule has 122 valence electrons. The lowest BCUT2D eigenvalue weighted by Crippen LogP contribution is -2.36. The smallest absolute Gasteiger partial charge is 0.251 e. The van der Waals surface area contributed by atoms with Crippen LogP contribution >= 0.6 is 0 Å². The number of nitrogens with one attached hydrogen (secondary N) is 2. The van der Waals surface area contributed by atoms with Gasteiger partial charge in [-0.3, -0.25) is 9.48 Å². The molecule has 0 radical (unpaired) electrons. The van der Waals surface area contributed by atoms with E-state index in [1.165, 1.54) is 19.3 Å². The van der Waals surface area contributed by atoms with Crippen molar-refractivity contribution in [2.24, 2.45) is 0 Å². The van der Waals surface area contributed by atoms with Gasteiger partial charge in [0.15, 0.2) is 0 Å². The lowest BCUT2D eigenvalue weighted by atomic mass is 9.95. The second kappa shape index (κ2) is 7.81. The molecule has 1 fully saturated rings. The van der Waals surface area contributed by atoms with E-state index >= 15 is 0 Å². The fourth-order valence-electron chi connectivity index (χ4n) is 3.00. The molecule has 1 amide bonds. The maximum Gasteiger partial charge on any atom is 0.251 e. The second-order valence-electron chi connectivity index (χ2n) is 6.08. The Balaban J connectivity index is 1.46. The molecule has 1 saturated carbocycles. The molecule has 0 saturated heterocycles. The number of carbonyl (C=O) groups is 1. The molecule has 0 atom stereocenters. The van der Waals surface area contributed by atoms with Crippen LogP contribution < -0.4 is 10.6 Å². The maximum absolute atomic E-state index is 12.3. The van der Waals surface area contributed by atoms with Gasteiger partial charge in [-0.25, -0.2) is 0 Å². The lowest BCUT2D eigenvalue weighted by molar-refractivity contribution is 0.0928. The van der Waals surface area contributed by atoms with E-state index in [1.807, 2.05) is 41.2 Å². The number of amides is 1. The molecule has 1 heterocycles. The Labute approximate surface area is 137 Å². The van der Waals surface area contributed by atoms with Crippen molar-refractivity contribution in [1.29, 1.82) is 0 Å². The molecule has 0 spiro atoms. The van der Waals surface area contributed by atoms with Crippen LogP contribution in [-0.2, 0) is 6.54 Å². The number of carbonyl (C=O) groups excluding carboxylic acids is 1. The highest BCUT2D eigenvalue weighted by Gasteiger charge is 2.16. The van der Waals surface area contributed by atoms with Crippen molar-refractivity contribution in [3.05, 3.63) is 48.3 Å². The van der Waals surface area contributed by atoms with Crippen molar-refractivity contribution in [1.82, 2.24) is 15.1 Å². The topological polar surface area (TPSA) is 59.0 Å². The van der Waals surface area contributed by atoms with Gasteiger partial charge in [0.25, 0.3) is 5.91 Å². The van der Waals surface area contributed by atoms with E-state index in [1.54, 1.807) is 6.20 Å². The van der Waals surface area contributed by atoms with Crippen molar-refractivity contribution in [2.45, 2.75) is 44.7 Å². The predicted molar refractivity (Wildman–Crippen MR) is 91.5 cm³/mol. The van der Waals surface area contributed by atoms with Crippen LogP contribution in [0, 0.1) is 0 Å². The zero-order valence-corrected chi connectivity index (χ0v) is 13.4. The standard InChI is InChI=1S/C18H24N4O/c23-18(21-17-5-2-1-3-6-17)15-7-9-16(10-8-15)19-12-14-22-13-4-11-20-22/h4,7-11,13,17,19H,1-3,5-6,12,14H2,(H,21,23). The van der Waals surface area contributed by atoms with Gasteiger partial charge in [0.2, 0.25) is 0 Å². The number of benzene rings is 1. The van der Waals surface area contributed by atoms with Gasteiger partial charge in [0, 0.05) is 36.2 Å². The number of anilines is 1. The molecule has 0 unspecified atom stereocenters. The van der Waals surface area contributed by atoms with E-state index < -0.39 is 0 Å². The normalized spacial score (nSPS) is 15.3.